The van der Waals surface area contributed by atoms with E-state index in [1.165, 1.54) is 11.3 Å². The van der Waals surface area contributed by atoms with Crippen LogP contribution in [0.3, 0.4) is 0 Å². The minimum atomic E-state index is -0.239. The third-order valence-electron chi connectivity index (χ3n) is 3.63. The number of morpholine rings is 1. The fourth-order valence-electron chi connectivity index (χ4n) is 1.95. The lowest BCUT2D eigenvalue weighted by Gasteiger charge is -2.25. The Morgan fingerprint density at radius 3 is 2.81 bits per heavy atom. The minimum absolute atomic E-state index is 0.0122. The van der Waals surface area contributed by atoms with E-state index in [0.29, 0.717) is 18.1 Å². The number of nitrogens with two attached hydrogens (primary N) is 1. The Hall–Kier alpha value is -1.38. The van der Waals surface area contributed by atoms with E-state index in [-0.39, 0.29) is 30.3 Å². The number of nitrogen functional groups attached to an aromatic ring is 1. The Labute approximate surface area is 128 Å². The summed E-state index contributed by atoms with van der Waals surface area (Å²) in [5.41, 5.74) is 5.86. The molecule has 1 saturated heterocycles. The lowest BCUT2D eigenvalue weighted by Crippen LogP contribution is -2.38. The van der Waals surface area contributed by atoms with Crippen LogP contribution in [0.4, 0.5) is 10.9 Å². The summed E-state index contributed by atoms with van der Waals surface area (Å²) in [6.45, 7) is 6.59. The van der Waals surface area contributed by atoms with Crippen LogP contribution in [-0.4, -0.2) is 54.9 Å². The highest BCUT2D eigenvalue weighted by molar-refractivity contribution is 7.18. The average Bonchev–Trinajstić information content (AvgIpc) is 2.89. The summed E-state index contributed by atoms with van der Waals surface area (Å²) in [6.07, 6.45) is 0. The van der Waals surface area contributed by atoms with Gasteiger partial charge >= 0.3 is 0 Å². The fourth-order valence-corrected chi connectivity index (χ4v) is 2.89. The molecule has 1 aromatic heterocycles. The number of rotatable bonds is 5. The minimum Gasteiger partial charge on any atom is -0.396 e. The first-order chi connectivity index (χ1) is 10.0. The number of aliphatic hydroxyl groups is 1. The van der Waals surface area contributed by atoms with Crippen LogP contribution in [0.15, 0.2) is 0 Å². The molecule has 2 heterocycles. The quantitative estimate of drug-likeness (QED) is 0.723. The summed E-state index contributed by atoms with van der Waals surface area (Å²) >= 11 is 1.30. The van der Waals surface area contributed by atoms with E-state index in [9.17, 15) is 4.79 Å². The molecule has 2 rings (SSSR count). The van der Waals surface area contributed by atoms with Crippen LogP contribution < -0.4 is 16.0 Å². The molecule has 2 unspecified atom stereocenters. The summed E-state index contributed by atoms with van der Waals surface area (Å²) in [4.78, 5) is 19.0. The average molecular weight is 314 g/mol. The van der Waals surface area contributed by atoms with Gasteiger partial charge in [0, 0.05) is 25.7 Å². The molecule has 7 nitrogen and oxygen atoms in total. The summed E-state index contributed by atoms with van der Waals surface area (Å²) in [6, 6.07) is -0.129. The number of hydrogen-bond acceptors (Lipinski definition) is 7. The zero-order chi connectivity index (χ0) is 15.4. The van der Waals surface area contributed by atoms with Crippen molar-refractivity contribution in [2.45, 2.75) is 19.9 Å². The Kier molecular flexibility index (Phi) is 5.38. The highest BCUT2D eigenvalue weighted by atomic mass is 32.1. The van der Waals surface area contributed by atoms with Gasteiger partial charge in [-0.2, -0.15) is 0 Å². The van der Waals surface area contributed by atoms with Crippen molar-refractivity contribution in [1.82, 2.24) is 10.3 Å². The fraction of sp³-hybridized carbons (Fsp3) is 0.692. The van der Waals surface area contributed by atoms with Crippen molar-refractivity contribution in [1.29, 1.82) is 0 Å². The third kappa shape index (κ3) is 3.84. The zero-order valence-corrected chi connectivity index (χ0v) is 13.2. The van der Waals surface area contributed by atoms with Crippen LogP contribution in [0, 0.1) is 5.92 Å². The maximum absolute atomic E-state index is 12.2. The van der Waals surface area contributed by atoms with E-state index in [0.717, 1.165) is 18.2 Å². The number of nitrogens with zero attached hydrogens (tertiary/aromatic N) is 2. The van der Waals surface area contributed by atoms with Gasteiger partial charge in [-0.25, -0.2) is 4.98 Å². The first-order valence-electron chi connectivity index (χ1n) is 7.03. The normalized spacial score (nSPS) is 18.3. The van der Waals surface area contributed by atoms with Crippen LogP contribution in [0.1, 0.15) is 23.5 Å². The Balaban J connectivity index is 2.05. The van der Waals surface area contributed by atoms with Crippen LogP contribution in [0.25, 0.3) is 0 Å². The molecule has 0 aliphatic carbocycles. The van der Waals surface area contributed by atoms with Gasteiger partial charge in [-0.3, -0.25) is 4.79 Å². The Bertz CT molecular complexity index is 488. The van der Waals surface area contributed by atoms with Crippen molar-refractivity contribution in [2.75, 3.05) is 43.5 Å². The van der Waals surface area contributed by atoms with Crippen LogP contribution >= 0.6 is 11.3 Å². The van der Waals surface area contributed by atoms with Gasteiger partial charge in [0.2, 0.25) is 0 Å². The number of hydrogen-bond donors (Lipinski definition) is 3. The molecule has 118 valence electrons. The van der Waals surface area contributed by atoms with E-state index in [1.54, 1.807) is 0 Å². The molecule has 0 saturated carbocycles. The molecule has 0 spiro atoms. The largest absolute Gasteiger partial charge is 0.396 e. The maximum Gasteiger partial charge on any atom is 0.265 e. The molecule has 0 bridgehead atoms. The molecule has 21 heavy (non-hydrogen) atoms. The molecule has 2 atom stereocenters. The van der Waals surface area contributed by atoms with E-state index >= 15 is 0 Å². The molecule has 0 aromatic carbocycles. The number of aliphatic hydroxyl groups excluding tert-OH is 1. The molecule has 8 heteroatoms. The Morgan fingerprint density at radius 1 is 1.52 bits per heavy atom. The van der Waals surface area contributed by atoms with Crippen molar-refractivity contribution < 1.29 is 14.6 Å². The van der Waals surface area contributed by atoms with Crippen molar-refractivity contribution in [3.05, 3.63) is 4.88 Å². The SMILES string of the molecule is CC(CO)C(C)NC(=O)c1sc(N2CCOCC2)nc1N. The van der Waals surface area contributed by atoms with Crippen LogP contribution in [-0.2, 0) is 4.74 Å². The number of thiazole rings is 1. The molecule has 1 aromatic rings. The van der Waals surface area contributed by atoms with Gasteiger partial charge in [-0.1, -0.05) is 18.3 Å². The number of amides is 1. The van der Waals surface area contributed by atoms with E-state index in [1.807, 2.05) is 13.8 Å². The number of carbonyl (C=O) groups is 1. The van der Waals surface area contributed by atoms with Gasteiger partial charge in [-0.05, 0) is 12.8 Å². The lowest BCUT2D eigenvalue weighted by molar-refractivity contribution is 0.0921. The molecule has 4 N–H and O–H groups in total. The van der Waals surface area contributed by atoms with E-state index < -0.39 is 0 Å². The molecule has 1 aliphatic rings. The maximum atomic E-state index is 12.2. The number of ether oxygens (including phenoxy) is 1. The van der Waals surface area contributed by atoms with Crippen molar-refractivity contribution in [3.63, 3.8) is 0 Å². The first kappa shape index (κ1) is 16.0. The van der Waals surface area contributed by atoms with Gasteiger partial charge in [0.1, 0.15) is 10.7 Å². The molecule has 0 radical (unpaired) electrons. The predicted molar refractivity (Wildman–Crippen MR) is 82.7 cm³/mol. The predicted octanol–water partition coefficient (Wildman–Crippen LogP) is 0.309. The molecule has 1 fully saturated rings. The lowest BCUT2D eigenvalue weighted by atomic mass is 10.1. The zero-order valence-electron chi connectivity index (χ0n) is 12.3. The number of carbonyl (C=O) groups excluding carboxylic acids is 1. The van der Waals surface area contributed by atoms with Crippen molar-refractivity contribution in [2.24, 2.45) is 5.92 Å². The molecular weight excluding hydrogens is 292 g/mol. The van der Waals surface area contributed by atoms with Crippen LogP contribution in [0.2, 0.25) is 0 Å². The summed E-state index contributed by atoms with van der Waals surface area (Å²) in [5, 5.41) is 12.7. The molecular formula is C13H22N4O3S. The van der Waals surface area contributed by atoms with Gasteiger partial charge in [0.05, 0.1) is 13.2 Å². The van der Waals surface area contributed by atoms with E-state index in [4.69, 9.17) is 15.6 Å². The number of nitrogens with one attached hydrogen (secondary N) is 1. The van der Waals surface area contributed by atoms with Crippen molar-refractivity contribution >= 4 is 28.2 Å². The van der Waals surface area contributed by atoms with Gasteiger partial charge in [0.25, 0.3) is 5.91 Å². The second kappa shape index (κ2) is 7.06. The van der Waals surface area contributed by atoms with Gasteiger partial charge in [0.15, 0.2) is 5.13 Å². The Morgan fingerprint density at radius 2 is 2.19 bits per heavy atom. The second-order valence-electron chi connectivity index (χ2n) is 5.23. The highest BCUT2D eigenvalue weighted by Crippen LogP contribution is 2.28. The van der Waals surface area contributed by atoms with Crippen molar-refractivity contribution in [3.8, 4) is 0 Å². The highest BCUT2D eigenvalue weighted by Gasteiger charge is 2.23. The topological polar surface area (TPSA) is 101 Å². The number of anilines is 2. The van der Waals surface area contributed by atoms with E-state index in [2.05, 4.69) is 15.2 Å². The third-order valence-corrected chi connectivity index (χ3v) is 4.76. The smallest absolute Gasteiger partial charge is 0.265 e. The summed E-state index contributed by atoms with van der Waals surface area (Å²) in [7, 11) is 0. The molecule has 1 amide bonds. The first-order valence-corrected chi connectivity index (χ1v) is 7.85. The van der Waals surface area contributed by atoms with Gasteiger partial charge in [-0.15, -0.1) is 0 Å². The summed E-state index contributed by atoms with van der Waals surface area (Å²) < 4.78 is 5.30. The number of aromatic nitrogens is 1. The van der Waals surface area contributed by atoms with Gasteiger partial charge < -0.3 is 25.8 Å². The standard InChI is InChI=1S/C13H22N4O3S/c1-8(7-18)9(2)15-12(19)10-11(14)16-13(21-10)17-3-5-20-6-4-17/h8-9,18H,3-7,14H2,1-2H3,(H,15,19). The summed E-state index contributed by atoms with van der Waals surface area (Å²) in [5.74, 6) is 0.00182. The van der Waals surface area contributed by atoms with Crippen LogP contribution in [0.5, 0.6) is 0 Å². The monoisotopic (exact) mass is 314 g/mol. The molecule has 1 aliphatic heterocycles. The second-order valence-corrected chi connectivity index (χ2v) is 6.21.